The molecule has 0 aliphatic carbocycles. The molecule has 15 heavy (non-hydrogen) atoms. The molecular weight excluding hydrogens is 214 g/mol. The Kier molecular flexibility index (Phi) is 2.73. The van der Waals surface area contributed by atoms with Gasteiger partial charge in [-0.15, -0.1) is 0 Å². The number of carboxylic acid groups (broad SMARTS) is 1. The summed E-state index contributed by atoms with van der Waals surface area (Å²) in [6, 6.07) is 6.72. The van der Waals surface area contributed by atoms with Crippen LogP contribution in [0.15, 0.2) is 51.1 Å². The minimum atomic E-state index is -1.06. The van der Waals surface area contributed by atoms with E-state index in [2.05, 4.69) is 4.98 Å². The number of carbonyl (C=O) groups is 1. The largest absolute Gasteiger partial charge is 0.475 e. The SMILES string of the molecule is O=C(O)c1ccc(Sc2ccncc2)o1. The average Bonchev–Trinajstić information content (AvgIpc) is 2.68. The molecule has 0 aliphatic rings. The number of nitrogens with zero attached hydrogens (tertiary/aromatic N) is 1. The second-order valence-corrected chi connectivity index (χ2v) is 3.79. The summed E-state index contributed by atoms with van der Waals surface area (Å²) >= 11 is 1.36. The van der Waals surface area contributed by atoms with Crippen molar-refractivity contribution in [3.8, 4) is 0 Å². The molecular formula is C10H7NO3S. The second-order valence-electron chi connectivity index (χ2n) is 2.71. The van der Waals surface area contributed by atoms with Crippen LogP contribution in [0.3, 0.4) is 0 Å². The summed E-state index contributed by atoms with van der Waals surface area (Å²) in [4.78, 5) is 15.4. The van der Waals surface area contributed by atoms with Gasteiger partial charge in [0, 0.05) is 17.3 Å². The van der Waals surface area contributed by atoms with Crippen molar-refractivity contribution in [2.24, 2.45) is 0 Å². The van der Waals surface area contributed by atoms with Crippen LogP contribution in [0.4, 0.5) is 0 Å². The van der Waals surface area contributed by atoms with Crippen molar-refractivity contribution >= 4 is 17.7 Å². The van der Waals surface area contributed by atoms with Gasteiger partial charge in [0.1, 0.15) is 0 Å². The fourth-order valence-corrected chi connectivity index (χ4v) is 1.77. The maximum atomic E-state index is 10.6. The highest BCUT2D eigenvalue weighted by Gasteiger charge is 2.09. The van der Waals surface area contributed by atoms with Gasteiger partial charge in [0.05, 0.1) is 0 Å². The van der Waals surface area contributed by atoms with Crippen molar-refractivity contribution < 1.29 is 14.3 Å². The van der Waals surface area contributed by atoms with E-state index in [1.807, 2.05) is 12.1 Å². The van der Waals surface area contributed by atoms with Gasteiger partial charge in [0.25, 0.3) is 0 Å². The van der Waals surface area contributed by atoms with Crippen LogP contribution in [0.2, 0.25) is 0 Å². The van der Waals surface area contributed by atoms with Crippen LogP contribution in [0.25, 0.3) is 0 Å². The molecule has 0 aliphatic heterocycles. The van der Waals surface area contributed by atoms with Gasteiger partial charge in [0.2, 0.25) is 5.76 Å². The Morgan fingerprint density at radius 3 is 2.60 bits per heavy atom. The van der Waals surface area contributed by atoms with Crippen LogP contribution in [0, 0.1) is 0 Å². The molecule has 0 saturated heterocycles. The fourth-order valence-electron chi connectivity index (χ4n) is 1.01. The number of furan rings is 1. The van der Waals surface area contributed by atoms with Gasteiger partial charge in [-0.05, 0) is 24.3 Å². The Hall–Kier alpha value is -1.75. The Labute approximate surface area is 89.9 Å². The molecule has 0 radical (unpaired) electrons. The van der Waals surface area contributed by atoms with Crippen LogP contribution in [-0.2, 0) is 0 Å². The van der Waals surface area contributed by atoms with Crippen LogP contribution in [-0.4, -0.2) is 16.1 Å². The molecule has 0 unspecified atom stereocenters. The molecule has 0 fully saturated rings. The van der Waals surface area contributed by atoms with E-state index in [0.717, 1.165) is 4.90 Å². The van der Waals surface area contributed by atoms with Gasteiger partial charge in [0.15, 0.2) is 5.09 Å². The van der Waals surface area contributed by atoms with Gasteiger partial charge < -0.3 is 9.52 Å². The first kappa shape index (κ1) is 9.79. The van der Waals surface area contributed by atoms with E-state index in [4.69, 9.17) is 9.52 Å². The standard InChI is InChI=1S/C10H7NO3S/c12-10(13)8-1-2-9(14-8)15-7-3-5-11-6-4-7/h1-6H,(H,12,13). The van der Waals surface area contributed by atoms with Crippen molar-refractivity contribution in [1.82, 2.24) is 4.98 Å². The highest BCUT2D eigenvalue weighted by molar-refractivity contribution is 7.99. The van der Waals surface area contributed by atoms with Gasteiger partial charge in [-0.2, -0.15) is 0 Å². The molecule has 4 nitrogen and oxygen atoms in total. The number of carboxylic acids is 1. The highest BCUT2D eigenvalue weighted by Crippen LogP contribution is 2.28. The van der Waals surface area contributed by atoms with Gasteiger partial charge >= 0.3 is 5.97 Å². The molecule has 0 spiro atoms. The number of rotatable bonds is 3. The van der Waals surface area contributed by atoms with Crippen molar-refractivity contribution in [2.75, 3.05) is 0 Å². The van der Waals surface area contributed by atoms with E-state index in [-0.39, 0.29) is 5.76 Å². The Morgan fingerprint density at radius 1 is 1.27 bits per heavy atom. The van der Waals surface area contributed by atoms with Crippen LogP contribution >= 0.6 is 11.8 Å². The van der Waals surface area contributed by atoms with Crippen LogP contribution < -0.4 is 0 Å². The smallest absolute Gasteiger partial charge is 0.371 e. The molecule has 2 aromatic heterocycles. The molecule has 1 N–H and O–H groups in total. The first-order chi connectivity index (χ1) is 7.25. The quantitative estimate of drug-likeness (QED) is 0.862. The molecule has 5 heteroatoms. The van der Waals surface area contributed by atoms with Crippen molar-refractivity contribution in [1.29, 1.82) is 0 Å². The lowest BCUT2D eigenvalue weighted by Crippen LogP contribution is -1.91. The Balaban J connectivity index is 2.15. The van der Waals surface area contributed by atoms with Crippen LogP contribution in [0.5, 0.6) is 0 Å². The Bertz CT molecular complexity index is 467. The zero-order valence-corrected chi connectivity index (χ0v) is 8.40. The van der Waals surface area contributed by atoms with E-state index in [1.54, 1.807) is 18.5 Å². The van der Waals surface area contributed by atoms with E-state index in [0.29, 0.717) is 5.09 Å². The van der Waals surface area contributed by atoms with E-state index < -0.39 is 5.97 Å². The zero-order chi connectivity index (χ0) is 10.7. The monoisotopic (exact) mass is 221 g/mol. The molecule has 0 atom stereocenters. The number of aromatic nitrogens is 1. The average molecular weight is 221 g/mol. The number of aromatic carboxylic acids is 1. The van der Waals surface area contributed by atoms with Gasteiger partial charge in [-0.3, -0.25) is 4.98 Å². The summed E-state index contributed by atoms with van der Waals surface area (Å²) < 4.78 is 5.09. The summed E-state index contributed by atoms with van der Waals surface area (Å²) in [7, 11) is 0. The van der Waals surface area contributed by atoms with Gasteiger partial charge in [-0.1, -0.05) is 11.8 Å². The third kappa shape index (κ3) is 2.38. The summed E-state index contributed by atoms with van der Waals surface area (Å²) in [6.45, 7) is 0. The van der Waals surface area contributed by atoms with Crippen molar-refractivity contribution in [3.63, 3.8) is 0 Å². The maximum absolute atomic E-state index is 10.6. The maximum Gasteiger partial charge on any atom is 0.371 e. The minimum absolute atomic E-state index is 0.0495. The second kappa shape index (κ2) is 4.18. The number of pyridine rings is 1. The lowest BCUT2D eigenvalue weighted by molar-refractivity contribution is 0.0656. The third-order valence-corrected chi connectivity index (χ3v) is 2.59. The first-order valence-electron chi connectivity index (χ1n) is 4.17. The number of hydrogen-bond donors (Lipinski definition) is 1. The topological polar surface area (TPSA) is 63.3 Å². The zero-order valence-electron chi connectivity index (χ0n) is 7.58. The molecule has 0 bridgehead atoms. The minimum Gasteiger partial charge on any atom is -0.475 e. The van der Waals surface area contributed by atoms with Crippen molar-refractivity contribution in [2.45, 2.75) is 9.99 Å². The van der Waals surface area contributed by atoms with E-state index in [1.165, 1.54) is 17.8 Å². The summed E-state index contributed by atoms with van der Waals surface area (Å²) in [5.41, 5.74) is 0. The first-order valence-corrected chi connectivity index (χ1v) is 4.98. The van der Waals surface area contributed by atoms with Crippen LogP contribution in [0.1, 0.15) is 10.6 Å². The normalized spacial score (nSPS) is 10.1. The predicted molar refractivity (Wildman–Crippen MR) is 54.0 cm³/mol. The fraction of sp³-hybridized carbons (Fsp3) is 0. The lowest BCUT2D eigenvalue weighted by atomic mass is 10.5. The summed E-state index contributed by atoms with van der Waals surface area (Å²) in [6.07, 6.45) is 3.34. The Morgan fingerprint density at radius 2 is 2.00 bits per heavy atom. The predicted octanol–water partition coefficient (Wildman–Crippen LogP) is 2.52. The lowest BCUT2D eigenvalue weighted by Gasteiger charge is -1.95. The number of hydrogen-bond acceptors (Lipinski definition) is 4. The van der Waals surface area contributed by atoms with Gasteiger partial charge in [-0.25, -0.2) is 4.79 Å². The molecule has 2 aromatic rings. The molecule has 0 aromatic carbocycles. The highest BCUT2D eigenvalue weighted by atomic mass is 32.2. The third-order valence-electron chi connectivity index (χ3n) is 1.66. The van der Waals surface area contributed by atoms with E-state index in [9.17, 15) is 4.79 Å². The summed E-state index contributed by atoms with van der Waals surface area (Å²) in [5.74, 6) is -1.11. The molecule has 2 heterocycles. The molecule has 0 saturated carbocycles. The molecule has 0 amide bonds. The summed E-state index contributed by atoms with van der Waals surface area (Å²) in [5, 5.41) is 9.21. The van der Waals surface area contributed by atoms with Crippen molar-refractivity contribution in [3.05, 3.63) is 42.4 Å². The molecule has 2 rings (SSSR count). The molecule has 76 valence electrons. The van der Waals surface area contributed by atoms with E-state index >= 15 is 0 Å².